The Labute approximate surface area is 109 Å². The lowest BCUT2D eigenvalue weighted by atomic mass is 9.80. The number of carboxylic acid groups (broad SMARTS) is 1. The van der Waals surface area contributed by atoms with E-state index in [0.29, 0.717) is 19.4 Å². The van der Waals surface area contributed by atoms with Gasteiger partial charge in [-0.25, -0.2) is 0 Å². The maximum Gasteiger partial charge on any atom is 0.306 e. The molecule has 2 atom stereocenters. The zero-order valence-electron chi connectivity index (χ0n) is 11.1. The highest BCUT2D eigenvalue weighted by molar-refractivity contribution is 5.80. The van der Waals surface area contributed by atoms with Crippen molar-refractivity contribution in [2.75, 3.05) is 13.1 Å². The van der Waals surface area contributed by atoms with E-state index in [4.69, 9.17) is 5.11 Å². The molecule has 0 saturated heterocycles. The smallest absolute Gasteiger partial charge is 0.306 e. The molecule has 1 rings (SSSR count). The molecule has 1 amide bonds. The van der Waals surface area contributed by atoms with Crippen molar-refractivity contribution in [2.45, 2.75) is 39.0 Å². The summed E-state index contributed by atoms with van der Waals surface area (Å²) < 4.78 is 0. The second-order valence-electron chi connectivity index (χ2n) is 4.97. The second-order valence-corrected chi connectivity index (χ2v) is 4.97. The van der Waals surface area contributed by atoms with Crippen LogP contribution in [0.15, 0.2) is 12.7 Å². The fraction of sp³-hybridized carbons (Fsp3) is 0.714. The summed E-state index contributed by atoms with van der Waals surface area (Å²) in [4.78, 5) is 25.1. The van der Waals surface area contributed by atoms with Crippen LogP contribution in [0.5, 0.6) is 0 Å². The molecule has 1 aliphatic carbocycles. The molecule has 102 valence electrons. The Morgan fingerprint density at radius 1 is 1.39 bits per heavy atom. The minimum atomic E-state index is -0.765. The maximum absolute atomic E-state index is 12.3. The van der Waals surface area contributed by atoms with Gasteiger partial charge in [0.05, 0.1) is 5.92 Å². The van der Waals surface area contributed by atoms with Crippen molar-refractivity contribution in [1.82, 2.24) is 4.90 Å². The van der Waals surface area contributed by atoms with Crippen LogP contribution in [0.25, 0.3) is 0 Å². The van der Waals surface area contributed by atoms with Gasteiger partial charge in [0.1, 0.15) is 0 Å². The zero-order chi connectivity index (χ0) is 13.5. The fourth-order valence-electron chi connectivity index (χ4n) is 2.61. The average molecular weight is 253 g/mol. The normalized spacial score (nSPS) is 23.4. The Morgan fingerprint density at radius 2 is 2.06 bits per heavy atom. The molecule has 0 bridgehead atoms. The topological polar surface area (TPSA) is 57.6 Å². The van der Waals surface area contributed by atoms with Crippen molar-refractivity contribution in [3.63, 3.8) is 0 Å². The second kappa shape index (κ2) is 7.19. The van der Waals surface area contributed by atoms with Crippen molar-refractivity contribution in [2.24, 2.45) is 11.8 Å². The van der Waals surface area contributed by atoms with Crippen molar-refractivity contribution in [3.8, 4) is 0 Å². The lowest BCUT2D eigenvalue weighted by molar-refractivity contribution is -0.145. The van der Waals surface area contributed by atoms with Gasteiger partial charge in [-0.1, -0.05) is 19.4 Å². The predicted molar refractivity (Wildman–Crippen MR) is 70.2 cm³/mol. The quantitative estimate of drug-likeness (QED) is 0.739. The number of carbonyl (C=O) groups is 2. The van der Waals surface area contributed by atoms with Crippen LogP contribution >= 0.6 is 0 Å². The van der Waals surface area contributed by atoms with E-state index in [0.717, 1.165) is 25.8 Å². The van der Waals surface area contributed by atoms with Gasteiger partial charge in [-0.2, -0.15) is 0 Å². The number of nitrogens with zero attached hydrogens (tertiary/aromatic N) is 1. The van der Waals surface area contributed by atoms with Crippen LogP contribution in [-0.4, -0.2) is 35.0 Å². The van der Waals surface area contributed by atoms with Crippen LogP contribution in [-0.2, 0) is 9.59 Å². The van der Waals surface area contributed by atoms with Crippen molar-refractivity contribution >= 4 is 11.9 Å². The van der Waals surface area contributed by atoms with Crippen LogP contribution in [0.2, 0.25) is 0 Å². The van der Waals surface area contributed by atoms with Crippen LogP contribution in [0, 0.1) is 11.8 Å². The van der Waals surface area contributed by atoms with E-state index in [1.54, 1.807) is 11.0 Å². The number of hydrogen-bond acceptors (Lipinski definition) is 2. The SMILES string of the molecule is C=CCN(CCC)C(=O)C1CCCC(C(=O)O)C1. The standard InChI is InChI=1S/C14H23NO3/c1-3-8-15(9-4-2)13(16)11-6-5-7-12(10-11)14(17)18/h3,11-12H,1,4-10H2,2H3,(H,17,18). The minimum Gasteiger partial charge on any atom is -0.481 e. The summed E-state index contributed by atoms with van der Waals surface area (Å²) >= 11 is 0. The van der Waals surface area contributed by atoms with Gasteiger partial charge < -0.3 is 10.0 Å². The van der Waals surface area contributed by atoms with E-state index in [1.165, 1.54) is 0 Å². The van der Waals surface area contributed by atoms with E-state index in [9.17, 15) is 9.59 Å². The van der Waals surface area contributed by atoms with Crippen molar-refractivity contribution < 1.29 is 14.7 Å². The summed E-state index contributed by atoms with van der Waals surface area (Å²) in [5.41, 5.74) is 0. The molecule has 0 aromatic heterocycles. The molecule has 1 N–H and O–H groups in total. The Kier molecular flexibility index (Phi) is 5.89. The van der Waals surface area contributed by atoms with Gasteiger partial charge in [0.15, 0.2) is 0 Å². The molecule has 18 heavy (non-hydrogen) atoms. The molecule has 0 heterocycles. The van der Waals surface area contributed by atoms with Crippen LogP contribution in [0.3, 0.4) is 0 Å². The molecule has 0 radical (unpaired) electrons. The molecule has 4 heteroatoms. The highest BCUT2D eigenvalue weighted by Gasteiger charge is 2.32. The van der Waals surface area contributed by atoms with Gasteiger partial charge in [0.2, 0.25) is 5.91 Å². The molecule has 4 nitrogen and oxygen atoms in total. The van der Waals surface area contributed by atoms with Crippen LogP contribution in [0.4, 0.5) is 0 Å². The summed E-state index contributed by atoms with van der Waals surface area (Å²) in [7, 11) is 0. The Balaban J connectivity index is 2.63. The van der Waals surface area contributed by atoms with Crippen molar-refractivity contribution in [3.05, 3.63) is 12.7 Å². The largest absolute Gasteiger partial charge is 0.481 e. The molecule has 1 saturated carbocycles. The molecule has 1 fully saturated rings. The van der Waals surface area contributed by atoms with Gasteiger partial charge in [0.25, 0.3) is 0 Å². The molecular formula is C14H23NO3. The average Bonchev–Trinajstić information content (AvgIpc) is 2.38. The van der Waals surface area contributed by atoms with Gasteiger partial charge in [-0.05, 0) is 25.7 Å². The number of carboxylic acids is 1. The number of hydrogen-bond donors (Lipinski definition) is 1. The lowest BCUT2D eigenvalue weighted by Crippen LogP contribution is -2.39. The third kappa shape index (κ3) is 3.86. The van der Waals surface area contributed by atoms with E-state index >= 15 is 0 Å². The Bertz CT molecular complexity index is 314. The fourth-order valence-corrected chi connectivity index (χ4v) is 2.61. The first-order chi connectivity index (χ1) is 8.60. The highest BCUT2D eigenvalue weighted by Crippen LogP contribution is 2.30. The Hall–Kier alpha value is -1.32. The van der Waals surface area contributed by atoms with E-state index in [2.05, 4.69) is 6.58 Å². The first-order valence-corrected chi connectivity index (χ1v) is 6.72. The van der Waals surface area contributed by atoms with Gasteiger partial charge in [-0.3, -0.25) is 9.59 Å². The molecule has 0 aromatic carbocycles. The van der Waals surface area contributed by atoms with E-state index < -0.39 is 5.97 Å². The zero-order valence-corrected chi connectivity index (χ0v) is 11.1. The van der Waals surface area contributed by atoms with Gasteiger partial charge in [0, 0.05) is 19.0 Å². The highest BCUT2D eigenvalue weighted by atomic mass is 16.4. The number of aliphatic carboxylic acids is 1. The molecule has 1 aliphatic rings. The van der Waals surface area contributed by atoms with Gasteiger partial charge in [-0.15, -0.1) is 6.58 Å². The molecule has 0 aromatic rings. The number of amides is 1. The Morgan fingerprint density at radius 3 is 2.61 bits per heavy atom. The predicted octanol–water partition coefficient (Wildman–Crippen LogP) is 2.30. The first kappa shape index (κ1) is 14.7. The molecule has 0 aliphatic heterocycles. The lowest BCUT2D eigenvalue weighted by Gasteiger charge is -2.30. The number of rotatable bonds is 6. The summed E-state index contributed by atoms with van der Waals surface area (Å²) in [5.74, 6) is -1.13. The van der Waals surface area contributed by atoms with Crippen molar-refractivity contribution in [1.29, 1.82) is 0 Å². The van der Waals surface area contributed by atoms with E-state index in [1.807, 2.05) is 6.92 Å². The molecule has 2 unspecified atom stereocenters. The monoisotopic (exact) mass is 253 g/mol. The minimum absolute atomic E-state index is 0.0997. The summed E-state index contributed by atoms with van der Waals surface area (Å²) in [6, 6.07) is 0. The number of carbonyl (C=O) groups excluding carboxylic acids is 1. The summed E-state index contributed by atoms with van der Waals surface area (Å²) in [6.45, 7) is 6.98. The molecular weight excluding hydrogens is 230 g/mol. The maximum atomic E-state index is 12.3. The van der Waals surface area contributed by atoms with Crippen LogP contribution in [0.1, 0.15) is 39.0 Å². The van der Waals surface area contributed by atoms with Crippen LogP contribution < -0.4 is 0 Å². The molecule has 0 spiro atoms. The first-order valence-electron chi connectivity index (χ1n) is 6.72. The summed E-state index contributed by atoms with van der Waals surface area (Å²) in [5, 5.41) is 9.04. The van der Waals surface area contributed by atoms with E-state index in [-0.39, 0.29) is 17.7 Å². The van der Waals surface area contributed by atoms with Gasteiger partial charge >= 0.3 is 5.97 Å². The summed E-state index contributed by atoms with van der Waals surface area (Å²) in [6.07, 6.45) is 5.49. The third-order valence-electron chi connectivity index (χ3n) is 3.53. The third-order valence-corrected chi connectivity index (χ3v) is 3.53.